The Bertz CT molecular complexity index is 1130. The number of furan rings is 1. The van der Waals surface area contributed by atoms with Crippen LogP contribution in [0.4, 0.5) is 5.82 Å². The Labute approximate surface area is 142 Å². The van der Waals surface area contributed by atoms with Crippen LogP contribution in [0.3, 0.4) is 0 Å². The molecule has 0 saturated carbocycles. The zero-order valence-electron chi connectivity index (χ0n) is 13.3. The van der Waals surface area contributed by atoms with E-state index in [-0.39, 0.29) is 11.6 Å². The SMILES string of the molecule is O=c1[nH]c(C2CCCN2c2nncc3ccoc23)nc2ccccc12. The van der Waals surface area contributed by atoms with Crippen LogP contribution in [0.1, 0.15) is 24.7 Å². The van der Waals surface area contributed by atoms with Crippen molar-refractivity contribution in [2.45, 2.75) is 18.9 Å². The van der Waals surface area contributed by atoms with Gasteiger partial charge in [-0.05, 0) is 31.0 Å². The molecular formula is C18H15N5O2. The van der Waals surface area contributed by atoms with Gasteiger partial charge in [0.15, 0.2) is 11.4 Å². The van der Waals surface area contributed by atoms with Crippen LogP contribution in [0.25, 0.3) is 21.9 Å². The van der Waals surface area contributed by atoms with Gasteiger partial charge in [-0.3, -0.25) is 4.79 Å². The molecule has 7 nitrogen and oxygen atoms in total. The molecule has 4 aromatic rings. The Balaban J connectivity index is 1.64. The lowest BCUT2D eigenvalue weighted by Gasteiger charge is -2.24. The third-order valence-corrected chi connectivity index (χ3v) is 4.72. The number of para-hydroxylation sites is 1. The van der Waals surface area contributed by atoms with Gasteiger partial charge in [0.1, 0.15) is 5.82 Å². The number of hydrogen-bond acceptors (Lipinski definition) is 6. The Morgan fingerprint density at radius 1 is 1.24 bits per heavy atom. The predicted molar refractivity (Wildman–Crippen MR) is 93.5 cm³/mol. The van der Waals surface area contributed by atoms with Crippen molar-refractivity contribution in [3.63, 3.8) is 0 Å². The summed E-state index contributed by atoms with van der Waals surface area (Å²) in [7, 11) is 0. The number of nitrogens with one attached hydrogen (secondary N) is 1. The highest BCUT2D eigenvalue weighted by Gasteiger charge is 2.31. The summed E-state index contributed by atoms with van der Waals surface area (Å²) in [5.74, 6) is 1.35. The molecule has 1 aliphatic heterocycles. The molecule has 5 rings (SSSR count). The maximum atomic E-state index is 12.4. The molecule has 1 fully saturated rings. The van der Waals surface area contributed by atoms with Gasteiger partial charge in [0.25, 0.3) is 5.56 Å². The quantitative estimate of drug-likeness (QED) is 0.607. The van der Waals surface area contributed by atoms with Crippen LogP contribution in [-0.4, -0.2) is 26.7 Å². The molecule has 0 amide bonds. The van der Waals surface area contributed by atoms with E-state index in [1.807, 2.05) is 24.3 Å². The van der Waals surface area contributed by atoms with Crippen molar-refractivity contribution in [3.8, 4) is 0 Å². The van der Waals surface area contributed by atoms with E-state index in [1.54, 1.807) is 18.5 Å². The summed E-state index contributed by atoms with van der Waals surface area (Å²) in [6, 6.07) is 9.19. The first-order valence-corrected chi connectivity index (χ1v) is 8.26. The second-order valence-corrected chi connectivity index (χ2v) is 6.19. The fraction of sp³-hybridized carbons (Fsp3) is 0.222. The van der Waals surface area contributed by atoms with Gasteiger partial charge in [0, 0.05) is 11.9 Å². The van der Waals surface area contributed by atoms with Gasteiger partial charge in [-0.2, -0.15) is 5.10 Å². The maximum absolute atomic E-state index is 12.4. The second kappa shape index (κ2) is 5.41. The monoisotopic (exact) mass is 333 g/mol. The van der Waals surface area contributed by atoms with Crippen molar-refractivity contribution in [1.29, 1.82) is 0 Å². The third-order valence-electron chi connectivity index (χ3n) is 4.72. The zero-order valence-corrected chi connectivity index (χ0v) is 13.3. The number of nitrogens with zero attached hydrogens (tertiary/aromatic N) is 4. The van der Waals surface area contributed by atoms with Crippen molar-refractivity contribution in [2.24, 2.45) is 0 Å². The van der Waals surface area contributed by atoms with Gasteiger partial charge in [-0.1, -0.05) is 12.1 Å². The van der Waals surface area contributed by atoms with Gasteiger partial charge in [0.05, 0.1) is 29.4 Å². The zero-order chi connectivity index (χ0) is 16.8. The summed E-state index contributed by atoms with van der Waals surface area (Å²) in [5.41, 5.74) is 1.30. The number of rotatable bonds is 2. The first-order valence-electron chi connectivity index (χ1n) is 8.26. The number of aromatic amines is 1. The molecule has 1 aliphatic rings. The molecule has 7 heteroatoms. The van der Waals surface area contributed by atoms with E-state index in [4.69, 9.17) is 4.42 Å². The minimum absolute atomic E-state index is 0.0534. The predicted octanol–water partition coefficient (Wildman–Crippen LogP) is 2.80. The Morgan fingerprint density at radius 2 is 2.16 bits per heavy atom. The number of H-pyrrole nitrogens is 1. The van der Waals surface area contributed by atoms with Gasteiger partial charge in [-0.25, -0.2) is 4.98 Å². The van der Waals surface area contributed by atoms with E-state index in [2.05, 4.69) is 25.1 Å². The van der Waals surface area contributed by atoms with Crippen LogP contribution in [0.15, 0.2) is 52.0 Å². The Morgan fingerprint density at radius 3 is 3.12 bits per heavy atom. The fourth-order valence-corrected chi connectivity index (χ4v) is 3.55. The third kappa shape index (κ3) is 2.20. The van der Waals surface area contributed by atoms with Gasteiger partial charge in [-0.15, -0.1) is 5.10 Å². The summed E-state index contributed by atoms with van der Waals surface area (Å²) >= 11 is 0. The summed E-state index contributed by atoms with van der Waals surface area (Å²) < 4.78 is 5.60. The molecule has 0 spiro atoms. The molecule has 1 aromatic carbocycles. The Hall–Kier alpha value is -3.22. The number of fused-ring (bicyclic) bond motifs is 2. The summed E-state index contributed by atoms with van der Waals surface area (Å²) in [6.07, 6.45) is 5.20. The van der Waals surface area contributed by atoms with E-state index in [1.165, 1.54) is 0 Å². The molecule has 0 radical (unpaired) electrons. The molecule has 3 aromatic heterocycles. The average Bonchev–Trinajstić information content (AvgIpc) is 3.30. The van der Waals surface area contributed by atoms with Crippen molar-refractivity contribution in [1.82, 2.24) is 20.2 Å². The minimum atomic E-state index is -0.116. The summed E-state index contributed by atoms with van der Waals surface area (Å²) in [5, 5.41) is 9.88. The first kappa shape index (κ1) is 14.2. The van der Waals surface area contributed by atoms with Crippen LogP contribution in [0.2, 0.25) is 0 Å². The molecule has 1 unspecified atom stereocenters. The smallest absolute Gasteiger partial charge is 0.258 e. The number of benzene rings is 1. The molecule has 4 heterocycles. The van der Waals surface area contributed by atoms with Gasteiger partial charge in [0.2, 0.25) is 0 Å². The number of anilines is 1. The minimum Gasteiger partial charge on any atom is -0.460 e. The molecular weight excluding hydrogens is 318 g/mol. The van der Waals surface area contributed by atoms with Crippen LogP contribution in [0.5, 0.6) is 0 Å². The molecule has 1 N–H and O–H groups in total. The molecule has 1 saturated heterocycles. The summed E-state index contributed by atoms with van der Waals surface area (Å²) in [6.45, 7) is 0.815. The lowest BCUT2D eigenvalue weighted by atomic mass is 10.2. The maximum Gasteiger partial charge on any atom is 0.258 e. The van der Waals surface area contributed by atoms with Crippen LogP contribution < -0.4 is 10.5 Å². The lowest BCUT2D eigenvalue weighted by Crippen LogP contribution is -2.27. The normalized spacial score (nSPS) is 17.6. The van der Waals surface area contributed by atoms with Crippen LogP contribution >= 0.6 is 0 Å². The highest BCUT2D eigenvalue weighted by atomic mass is 16.3. The van der Waals surface area contributed by atoms with Gasteiger partial charge < -0.3 is 14.3 Å². The molecule has 1 atom stereocenters. The fourth-order valence-electron chi connectivity index (χ4n) is 3.55. The van der Waals surface area contributed by atoms with E-state index < -0.39 is 0 Å². The van der Waals surface area contributed by atoms with Crippen molar-refractivity contribution < 1.29 is 4.42 Å². The largest absolute Gasteiger partial charge is 0.460 e. The standard InChI is InChI=1S/C18H15N5O2/c24-18-12-4-1-2-5-13(12)20-16(21-18)14-6-3-8-23(14)17-15-11(7-9-25-15)10-19-22-17/h1-2,4-5,7,9-10,14H,3,6,8H2,(H,20,21,24). The number of hydrogen-bond donors (Lipinski definition) is 1. The highest BCUT2D eigenvalue weighted by Crippen LogP contribution is 2.36. The molecule has 124 valence electrons. The Kier molecular flexibility index (Phi) is 3.06. The lowest BCUT2D eigenvalue weighted by molar-refractivity contribution is 0.602. The highest BCUT2D eigenvalue weighted by molar-refractivity contribution is 5.86. The summed E-state index contributed by atoms with van der Waals surface area (Å²) in [4.78, 5) is 22.2. The second-order valence-electron chi connectivity index (χ2n) is 6.19. The van der Waals surface area contributed by atoms with E-state index in [0.717, 1.165) is 24.8 Å². The van der Waals surface area contributed by atoms with Crippen molar-refractivity contribution >= 4 is 27.7 Å². The molecule has 0 aliphatic carbocycles. The van der Waals surface area contributed by atoms with E-state index in [0.29, 0.717) is 28.1 Å². The average molecular weight is 333 g/mol. The van der Waals surface area contributed by atoms with E-state index >= 15 is 0 Å². The van der Waals surface area contributed by atoms with Crippen LogP contribution in [-0.2, 0) is 0 Å². The van der Waals surface area contributed by atoms with Crippen LogP contribution in [0, 0.1) is 0 Å². The van der Waals surface area contributed by atoms with Crippen molar-refractivity contribution in [3.05, 3.63) is 59.0 Å². The van der Waals surface area contributed by atoms with Gasteiger partial charge >= 0.3 is 0 Å². The van der Waals surface area contributed by atoms with E-state index in [9.17, 15) is 4.79 Å². The van der Waals surface area contributed by atoms with Crippen molar-refractivity contribution in [2.75, 3.05) is 11.4 Å². The first-order chi connectivity index (χ1) is 12.3. The molecule has 0 bridgehead atoms. The topological polar surface area (TPSA) is 87.9 Å². The molecule has 25 heavy (non-hydrogen) atoms. The number of aromatic nitrogens is 4.